The van der Waals surface area contributed by atoms with Crippen LogP contribution in [0, 0.1) is 5.92 Å². The molecule has 0 saturated heterocycles. The standard InChI is InChI=1S/C21H29F2NO/c1-14-4-10-18(11-5-14)24(19-12-13-19)20(25)17-8-6-16(7-9-17)15(2)21(3,22)23/h6-9,14-15,18-19H,4-5,10-13H2,1-3H3. The maximum atomic E-state index is 13.5. The highest BCUT2D eigenvalue weighted by molar-refractivity contribution is 5.95. The topological polar surface area (TPSA) is 20.3 Å². The number of nitrogens with zero attached hydrogens (tertiary/aromatic N) is 1. The molecular weight excluding hydrogens is 320 g/mol. The van der Waals surface area contributed by atoms with Crippen molar-refractivity contribution >= 4 is 5.91 Å². The average Bonchev–Trinajstić information content (AvgIpc) is 3.40. The Balaban J connectivity index is 1.74. The Morgan fingerprint density at radius 1 is 1.04 bits per heavy atom. The number of amides is 1. The molecule has 2 fully saturated rings. The number of rotatable bonds is 5. The van der Waals surface area contributed by atoms with E-state index in [-0.39, 0.29) is 5.91 Å². The van der Waals surface area contributed by atoms with Crippen molar-refractivity contribution in [3.05, 3.63) is 35.4 Å². The number of alkyl halides is 2. The largest absolute Gasteiger partial charge is 0.333 e. The summed E-state index contributed by atoms with van der Waals surface area (Å²) in [4.78, 5) is 15.2. The van der Waals surface area contributed by atoms with E-state index in [0.29, 0.717) is 23.2 Å². The molecule has 1 aromatic rings. The lowest BCUT2D eigenvalue weighted by atomic mass is 9.86. The Morgan fingerprint density at radius 2 is 1.52 bits per heavy atom. The molecule has 1 amide bonds. The van der Waals surface area contributed by atoms with Crippen molar-refractivity contribution in [2.75, 3.05) is 0 Å². The van der Waals surface area contributed by atoms with E-state index in [4.69, 9.17) is 0 Å². The minimum atomic E-state index is -2.76. The molecule has 1 atom stereocenters. The lowest BCUT2D eigenvalue weighted by Gasteiger charge is -2.36. The molecule has 25 heavy (non-hydrogen) atoms. The van der Waals surface area contributed by atoms with Crippen LogP contribution in [0.15, 0.2) is 24.3 Å². The van der Waals surface area contributed by atoms with Crippen LogP contribution in [-0.2, 0) is 0 Å². The SMILES string of the molecule is CC1CCC(N(C(=O)c2ccc(C(C)C(C)(F)F)cc2)C2CC2)CC1. The molecule has 3 rings (SSSR count). The highest BCUT2D eigenvalue weighted by atomic mass is 19.3. The number of hydrogen-bond donors (Lipinski definition) is 0. The van der Waals surface area contributed by atoms with E-state index in [1.807, 2.05) is 0 Å². The van der Waals surface area contributed by atoms with Crippen LogP contribution in [0.3, 0.4) is 0 Å². The molecule has 1 aromatic carbocycles. The van der Waals surface area contributed by atoms with Gasteiger partial charge in [-0.25, -0.2) is 8.78 Å². The molecular formula is C21H29F2NO. The molecule has 0 N–H and O–H groups in total. The fourth-order valence-corrected chi connectivity index (χ4v) is 3.86. The minimum Gasteiger partial charge on any atom is -0.333 e. The number of carbonyl (C=O) groups excluding carboxylic acids is 1. The van der Waals surface area contributed by atoms with E-state index in [1.165, 1.54) is 19.8 Å². The monoisotopic (exact) mass is 349 g/mol. The molecule has 0 heterocycles. The van der Waals surface area contributed by atoms with Crippen molar-refractivity contribution in [2.45, 2.75) is 83.2 Å². The third kappa shape index (κ3) is 4.21. The summed E-state index contributed by atoms with van der Waals surface area (Å²) in [6, 6.07) is 7.54. The van der Waals surface area contributed by atoms with Gasteiger partial charge in [0.05, 0.1) is 0 Å². The van der Waals surface area contributed by atoms with Crippen molar-refractivity contribution in [3.8, 4) is 0 Å². The molecule has 0 bridgehead atoms. The Hall–Kier alpha value is -1.45. The predicted molar refractivity (Wildman–Crippen MR) is 96.1 cm³/mol. The molecule has 2 aliphatic carbocycles. The van der Waals surface area contributed by atoms with Crippen LogP contribution in [0.1, 0.15) is 81.1 Å². The van der Waals surface area contributed by atoms with E-state index < -0.39 is 11.8 Å². The molecule has 138 valence electrons. The van der Waals surface area contributed by atoms with Crippen LogP contribution >= 0.6 is 0 Å². The Kier molecular flexibility index (Phi) is 5.17. The molecule has 0 radical (unpaired) electrons. The first kappa shape index (κ1) is 18.3. The van der Waals surface area contributed by atoms with Gasteiger partial charge in [-0.15, -0.1) is 0 Å². The van der Waals surface area contributed by atoms with Gasteiger partial charge in [-0.05, 0) is 69.1 Å². The molecule has 2 aliphatic rings. The second-order valence-electron chi connectivity index (χ2n) is 8.16. The van der Waals surface area contributed by atoms with Crippen LogP contribution in [-0.4, -0.2) is 28.8 Å². The quantitative estimate of drug-likeness (QED) is 0.675. The lowest BCUT2D eigenvalue weighted by Crippen LogP contribution is -2.43. The smallest absolute Gasteiger partial charge is 0.254 e. The Labute approximate surface area is 149 Å². The average molecular weight is 349 g/mol. The van der Waals surface area contributed by atoms with Gasteiger partial charge in [0.25, 0.3) is 11.8 Å². The highest BCUT2D eigenvalue weighted by Crippen LogP contribution is 2.37. The van der Waals surface area contributed by atoms with Gasteiger partial charge in [-0.1, -0.05) is 26.0 Å². The van der Waals surface area contributed by atoms with Crippen LogP contribution in [0.25, 0.3) is 0 Å². The van der Waals surface area contributed by atoms with Gasteiger partial charge >= 0.3 is 0 Å². The zero-order valence-electron chi connectivity index (χ0n) is 15.5. The maximum absolute atomic E-state index is 13.5. The van der Waals surface area contributed by atoms with Gasteiger partial charge in [0.1, 0.15) is 0 Å². The first-order valence-electron chi connectivity index (χ1n) is 9.58. The van der Waals surface area contributed by atoms with Gasteiger partial charge in [0, 0.05) is 23.6 Å². The highest BCUT2D eigenvalue weighted by Gasteiger charge is 2.39. The summed E-state index contributed by atoms with van der Waals surface area (Å²) >= 11 is 0. The van der Waals surface area contributed by atoms with E-state index in [0.717, 1.165) is 38.5 Å². The van der Waals surface area contributed by atoms with Gasteiger partial charge in [0.2, 0.25) is 0 Å². The summed E-state index contributed by atoms with van der Waals surface area (Å²) < 4.78 is 27.0. The first-order chi connectivity index (χ1) is 11.8. The number of benzene rings is 1. The van der Waals surface area contributed by atoms with Crippen molar-refractivity contribution in [3.63, 3.8) is 0 Å². The molecule has 0 aliphatic heterocycles. The van der Waals surface area contributed by atoms with Crippen molar-refractivity contribution in [1.29, 1.82) is 0 Å². The molecule has 1 unspecified atom stereocenters. The first-order valence-corrected chi connectivity index (χ1v) is 9.58. The van der Waals surface area contributed by atoms with Gasteiger partial charge in [-0.2, -0.15) is 0 Å². The van der Waals surface area contributed by atoms with Crippen molar-refractivity contribution in [2.24, 2.45) is 5.92 Å². The maximum Gasteiger partial charge on any atom is 0.254 e. The Bertz CT molecular complexity index is 595. The van der Waals surface area contributed by atoms with Crippen LogP contribution in [0.4, 0.5) is 8.78 Å². The van der Waals surface area contributed by atoms with Gasteiger partial charge < -0.3 is 4.90 Å². The summed E-state index contributed by atoms with van der Waals surface area (Å²) in [6.45, 7) is 4.75. The zero-order chi connectivity index (χ0) is 18.2. The normalized spacial score (nSPS) is 25.5. The predicted octanol–water partition coefficient (Wildman–Crippen LogP) is 5.63. The number of halogens is 2. The van der Waals surface area contributed by atoms with Crippen molar-refractivity contribution < 1.29 is 13.6 Å². The second kappa shape index (κ2) is 7.05. The number of hydrogen-bond acceptors (Lipinski definition) is 1. The molecule has 2 nitrogen and oxygen atoms in total. The summed E-state index contributed by atoms with van der Waals surface area (Å²) in [5, 5.41) is 0. The minimum absolute atomic E-state index is 0.0736. The summed E-state index contributed by atoms with van der Waals surface area (Å²) in [5.41, 5.74) is 1.20. The molecule has 0 aromatic heterocycles. The van der Waals surface area contributed by atoms with Crippen LogP contribution < -0.4 is 0 Å². The van der Waals surface area contributed by atoms with E-state index >= 15 is 0 Å². The fraction of sp³-hybridized carbons (Fsp3) is 0.667. The zero-order valence-corrected chi connectivity index (χ0v) is 15.5. The van der Waals surface area contributed by atoms with E-state index in [2.05, 4.69) is 11.8 Å². The van der Waals surface area contributed by atoms with Crippen LogP contribution in [0.2, 0.25) is 0 Å². The second-order valence-corrected chi connectivity index (χ2v) is 8.16. The Morgan fingerprint density at radius 3 is 1.96 bits per heavy atom. The summed E-state index contributed by atoms with van der Waals surface area (Å²) in [5.74, 6) is -2.78. The third-order valence-electron chi connectivity index (χ3n) is 5.97. The fourth-order valence-electron chi connectivity index (χ4n) is 3.86. The third-order valence-corrected chi connectivity index (χ3v) is 5.97. The molecule has 4 heteroatoms. The number of carbonyl (C=O) groups is 1. The van der Waals surface area contributed by atoms with E-state index in [1.54, 1.807) is 24.3 Å². The summed E-state index contributed by atoms with van der Waals surface area (Å²) in [6.07, 6.45) is 6.72. The van der Waals surface area contributed by atoms with Crippen molar-refractivity contribution in [1.82, 2.24) is 4.90 Å². The molecule has 0 spiro atoms. The van der Waals surface area contributed by atoms with E-state index in [9.17, 15) is 13.6 Å². The molecule has 2 saturated carbocycles. The summed E-state index contributed by atoms with van der Waals surface area (Å²) in [7, 11) is 0. The lowest BCUT2D eigenvalue weighted by molar-refractivity contribution is -0.00222. The van der Waals surface area contributed by atoms with Crippen LogP contribution in [0.5, 0.6) is 0 Å². The van der Waals surface area contributed by atoms with Gasteiger partial charge in [0.15, 0.2) is 0 Å². The van der Waals surface area contributed by atoms with Gasteiger partial charge in [-0.3, -0.25) is 4.79 Å².